The van der Waals surface area contributed by atoms with Crippen molar-refractivity contribution in [1.82, 2.24) is 0 Å². The fourth-order valence-corrected chi connectivity index (χ4v) is 4.58. The van der Waals surface area contributed by atoms with E-state index in [1.165, 1.54) is 6.42 Å². The first kappa shape index (κ1) is 12.6. The molecule has 2 bridgehead atoms. The number of carbonyl (C=O) groups excluding carboxylic acids is 1. The van der Waals surface area contributed by atoms with Gasteiger partial charge in [0.25, 0.3) is 0 Å². The Morgan fingerprint density at radius 2 is 1.94 bits per heavy atom. The second kappa shape index (κ2) is 3.57. The van der Waals surface area contributed by atoms with Gasteiger partial charge in [0, 0.05) is 11.3 Å². The van der Waals surface area contributed by atoms with Gasteiger partial charge >= 0.3 is 0 Å². The van der Waals surface area contributed by atoms with Crippen molar-refractivity contribution in [3.8, 4) is 0 Å². The minimum absolute atomic E-state index is 0.0139. The molecule has 1 N–H and O–H groups in total. The molecule has 0 aromatic carbocycles. The van der Waals surface area contributed by atoms with Gasteiger partial charge in [0.05, 0.1) is 12.2 Å². The predicted octanol–water partition coefficient (Wildman–Crippen LogP) is 2.31. The Balaban J connectivity index is 2.04. The van der Waals surface area contributed by atoms with Crippen LogP contribution in [-0.4, -0.2) is 28.7 Å². The summed E-state index contributed by atoms with van der Waals surface area (Å²) in [7, 11) is 0. The molecule has 1 unspecified atom stereocenters. The Kier molecular flexibility index (Phi) is 2.50. The lowest BCUT2D eigenvalue weighted by molar-refractivity contribution is -0.188. The number of aliphatic hydroxyl groups is 1. The number of rotatable bonds is 1. The van der Waals surface area contributed by atoms with Gasteiger partial charge < -0.3 is 9.84 Å². The number of Topliss-reactive ketones (excluding diaryl/α,β-unsaturated/α-hetero) is 1. The summed E-state index contributed by atoms with van der Waals surface area (Å²) in [6.45, 7) is 6.43. The van der Waals surface area contributed by atoms with Crippen LogP contribution >= 0.6 is 0 Å². The van der Waals surface area contributed by atoms with Crippen LogP contribution in [-0.2, 0) is 9.53 Å². The zero-order chi connectivity index (χ0) is 13.2. The minimum Gasteiger partial charge on any atom is -0.396 e. The Labute approximate surface area is 109 Å². The third-order valence-corrected chi connectivity index (χ3v) is 6.01. The molecule has 1 heterocycles. The summed E-state index contributed by atoms with van der Waals surface area (Å²) in [4.78, 5) is 12.8. The maximum Gasteiger partial charge on any atom is 0.170 e. The SMILES string of the molecule is CC1(C)OC23C[C@H]1CC[C@]2(C)CC[C@@H](CO)C3=O. The van der Waals surface area contributed by atoms with Crippen LogP contribution in [0.5, 0.6) is 0 Å². The Morgan fingerprint density at radius 3 is 2.61 bits per heavy atom. The molecule has 3 fully saturated rings. The van der Waals surface area contributed by atoms with E-state index >= 15 is 0 Å². The van der Waals surface area contributed by atoms with Crippen LogP contribution in [0.2, 0.25) is 0 Å². The summed E-state index contributed by atoms with van der Waals surface area (Å²) in [6, 6.07) is 0. The number of aliphatic hydroxyl groups excluding tert-OH is 1. The number of ketones is 1. The Morgan fingerprint density at radius 1 is 1.28 bits per heavy atom. The lowest BCUT2D eigenvalue weighted by Crippen LogP contribution is -2.60. The van der Waals surface area contributed by atoms with Gasteiger partial charge in [-0.25, -0.2) is 0 Å². The third-order valence-electron chi connectivity index (χ3n) is 6.01. The van der Waals surface area contributed by atoms with E-state index in [0.717, 1.165) is 25.7 Å². The van der Waals surface area contributed by atoms with Gasteiger partial charge in [0.1, 0.15) is 5.60 Å². The fraction of sp³-hybridized carbons (Fsp3) is 0.933. The molecular weight excluding hydrogens is 228 g/mol. The molecule has 4 atom stereocenters. The normalized spacial score (nSPS) is 50.1. The van der Waals surface area contributed by atoms with Crippen LogP contribution in [0.3, 0.4) is 0 Å². The van der Waals surface area contributed by atoms with Crippen molar-refractivity contribution in [2.75, 3.05) is 6.61 Å². The average Bonchev–Trinajstić information content (AvgIpc) is 2.54. The first-order valence-electron chi connectivity index (χ1n) is 7.20. The predicted molar refractivity (Wildman–Crippen MR) is 68.2 cm³/mol. The van der Waals surface area contributed by atoms with E-state index in [1.807, 2.05) is 0 Å². The average molecular weight is 252 g/mol. The highest BCUT2D eigenvalue weighted by Gasteiger charge is 2.68. The number of ether oxygens (including phenoxy) is 1. The van der Waals surface area contributed by atoms with Crippen LogP contribution in [0.1, 0.15) is 52.9 Å². The van der Waals surface area contributed by atoms with Gasteiger partial charge in [-0.15, -0.1) is 0 Å². The highest BCUT2D eigenvalue weighted by atomic mass is 16.5. The Hall–Kier alpha value is -0.410. The molecule has 0 aromatic heterocycles. The van der Waals surface area contributed by atoms with Crippen molar-refractivity contribution in [1.29, 1.82) is 0 Å². The summed E-state index contributed by atoms with van der Waals surface area (Å²) in [5.74, 6) is 0.465. The zero-order valence-electron chi connectivity index (χ0n) is 11.7. The van der Waals surface area contributed by atoms with Gasteiger partial charge in [0.2, 0.25) is 0 Å². The molecule has 0 radical (unpaired) electrons. The molecule has 0 amide bonds. The first-order valence-corrected chi connectivity index (χ1v) is 7.20. The molecule has 3 nitrogen and oxygen atoms in total. The maximum atomic E-state index is 12.8. The van der Waals surface area contributed by atoms with Crippen LogP contribution in [0.25, 0.3) is 0 Å². The number of hydrogen-bond acceptors (Lipinski definition) is 3. The van der Waals surface area contributed by atoms with Crippen LogP contribution in [0, 0.1) is 17.3 Å². The van der Waals surface area contributed by atoms with E-state index in [1.54, 1.807) is 0 Å². The van der Waals surface area contributed by atoms with Gasteiger partial charge in [-0.2, -0.15) is 0 Å². The molecule has 1 aliphatic heterocycles. The smallest absolute Gasteiger partial charge is 0.170 e. The summed E-state index contributed by atoms with van der Waals surface area (Å²) < 4.78 is 6.35. The van der Waals surface area contributed by atoms with Crippen molar-refractivity contribution in [2.45, 2.75) is 64.1 Å². The lowest BCUT2D eigenvalue weighted by atomic mass is 9.53. The van der Waals surface area contributed by atoms with E-state index in [2.05, 4.69) is 20.8 Å². The second-order valence-corrected chi connectivity index (χ2v) is 7.32. The van der Waals surface area contributed by atoms with Crippen molar-refractivity contribution in [2.24, 2.45) is 17.3 Å². The molecule has 102 valence electrons. The van der Waals surface area contributed by atoms with Gasteiger partial charge in [-0.1, -0.05) is 6.92 Å². The molecule has 3 heteroatoms. The largest absolute Gasteiger partial charge is 0.396 e. The molecule has 1 spiro atoms. The van der Waals surface area contributed by atoms with E-state index in [9.17, 15) is 9.90 Å². The lowest BCUT2D eigenvalue weighted by Gasteiger charge is -2.52. The highest BCUT2D eigenvalue weighted by Crippen LogP contribution is 2.63. The molecule has 0 aromatic rings. The molecule has 3 aliphatic rings. The highest BCUT2D eigenvalue weighted by molar-refractivity contribution is 5.92. The summed E-state index contributed by atoms with van der Waals surface area (Å²) in [5.41, 5.74) is -0.810. The van der Waals surface area contributed by atoms with Crippen LogP contribution in [0.15, 0.2) is 0 Å². The van der Waals surface area contributed by atoms with Crippen LogP contribution in [0.4, 0.5) is 0 Å². The molecule has 18 heavy (non-hydrogen) atoms. The number of carbonyl (C=O) groups is 1. The minimum atomic E-state index is -0.606. The second-order valence-electron chi connectivity index (χ2n) is 7.32. The first-order chi connectivity index (χ1) is 8.35. The summed E-state index contributed by atoms with van der Waals surface area (Å²) >= 11 is 0. The van der Waals surface area contributed by atoms with E-state index < -0.39 is 5.60 Å². The quantitative estimate of drug-likeness (QED) is 0.779. The number of hydrogen-bond donors (Lipinski definition) is 1. The molecular formula is C15H24O3. The third kappa shape index (κ3) is 1.35. The van der Waals surface area contributed by atoms with Gasteiger partial charge in [-0.3, -0.25) is 4.79 Å². The molecule has 2 saturated carbocycles. The Bertz CT molecular complexity index is 389. The van der Waals surface area contributed by atoms with Crippen molar-refractivity contribution in [3.05, 3.63) is 0 Å². The summed E-state index contributed by atoms with van der Waals surface area (Å²) in [6.07, 6.45) is 4.95. The standard InChI is InChI=1S/C15H24O3/c1-13(2)11-5-7-14(3)6-4-10(9-16)12(17)15(14,8-11)18-13/h10-11,16H,4-9H2,1-3H3/t10-,11+,14-,15?/m0/s1. The van der Waals surface area contributed by atoms with E-state index in [0.29, 0.717) is 5.92 Å². The molecule has 3 rings (SSSR count). The molecule has 1 saturated heterocycles. The van der Waals surface area contributed by atoms with Crippen LogP contribution < -0.4 is 0 Å². The van der Waals surface area contributed by atoms with E-state index in [-0.39, 0.29) is 29.3 Å². The van der Waals surface area contributed by atoms with Gasteiger partial charge in [0.15, 0.2) is 5.78 Å². The fourth-order valence-electron chi connectivity index (χ4n) is 4.58. The maximum absolute atomic E-state index is 12.8. The zero-order valence-corrected chi connectivity index (χ0v) is 11.7. The van der Waals surface area contributed by atoms with Crippen molar-refractivity contribution >= 4 is 5.78 Å². The van der Waals surface area contributed by atoms with Crippen molar-refractivity contribution in [3.63, 3.8) is 0 Å². The van der Waals surface area contributed by atoms with E-state index in [4.69, 9.17) is 4.74 Å². The topological polar surface area (TPSA) is 46.5 Å². The van der Waals surface area contributed by atoms with Crippen molar-refractivity contribution < 1.29 is 14.6 Å². The monoisotopic (exact) mass is 252 g/mol. The number of fused-ring (bicyclic) bond motifs is 1. The molecule has 2 aliphatic carbocycles. The van der Waals surface area contributed by atoms with Gasteiger partial charge in [-0.05, 0) is 51.9 Å². The summed E-state index contributed by atoms with van der Waals surface area (Å²) in [5, 5.41) is 9.41.